The van der Waals surface area contributed by atoms with Crippen LogP contribution in [0.25, 0.3) is 0 Å². The van der Waals surface area contributed by atoms with Crippen molar-refractivity contribution in [3.05, 3.63) is 0 Å². The maximum Gasteiger partial charge on any atom is 0.226 e. The van der Waals surface area contributed by atoms with E-state index in [0.29, 0.717) is 23.9 Å². The first-order chi connectivity index (χ1) is 9.84. The van der Waals surface area contributed by atoms with Gasteiger partial charge in [0.15, 0.2) is 0 Å². The average Bonchev–Trinajstić information content (AvgIpc) is 3.04. The number of rotatable bonds is 2. The molecule has 5 rings (SSSR count). The van der Waals surface area contributed by atoms with E-state index >= 15 is 0 Å². The predicted molar refractivity (Wildman–Crippen MR) is 77.1 cm³/mol. The van der Waals surface area contributed by atoms with Gasteiger partial charge >= 0.3 is 0 Å². The lowest BCUT2D eigenvalue weighted by Crippen LogP contribution is -2.47. The number of nitrogens with zero attached hydrogens (tertiary/aromatic N) is 1. The van der Waals surface area contributed by atoms with Gasteiger partial charge in [0.05, 0.1) is 0 Å². The Hall–Kier alpha value is -0.570. The summed E-state index contributed by atoms with van der Waals surface area (Å²) in [5.41, 5.74) is 0. The molecule has 3 saturated carbocycles. The lowest BCUT2D eigenvalue weighted by molar-refractivity contribution is -0.135. The third-order valence-corrected chi connectivity index (χ3v) is 7.17. The maximum atomic E-state index is 13.0. The molecule has 2 bridgehead atoms. The fourth-order valence-electron chi connectivity index (χ4n) is 6.37. The van der Waals surface area contributed by atoms with Crippen molar-refractivity contribution in [2.24, 2.45) is 29.6 Å². The van der Waals surface area contributed by atoms with E-state index in [0.717, 1.165) is 36.8 Å². The molecule has 3 nitrogen and oxygen atoms in total. The third-order valence-electron chi connectivity index (χ3n) is 7.17. The molecule has 3 heteroatoms. The van der Waals surface area contributed by atoms with E-state index in [1.807, 2.05) is 0 Å². The third kappa shape index (κ3) is 1.53. The van der Waals surface area contributed by atoms with Gasteiger partial charge in [0.2, 0.25) is 5.91 Å². The molecule has 0 radical (unpaired) electrons. The molecule has 0 aromatic heterocycles. The van der Waals surface area contributed by atoms with E-state index in [1.165, 1.54) is 44.9 Å². The van der Waals surface area contributed by atoms with Gasteiger partial charge in [-0.05, 0) is 75.2 Å². The summed E-state index contributed by atoms with van der Waals surface area (Å²) in [6.45, 7) is 2.19. The van der Waals surface area contributed by atoms with Crippen LogP contribution in [0.1, 0.15) is 44.9 Å². The van der Waals surface area contributed by atoms with Crippen LogP contribution in [0, 0.1) is 29.6 Å². The monoisotopic (exact) mass is 274 g/mol. The lowest BCUT2D eigenvalue weighted by Gasteiger charge is -2.30. The first-order valence-electron chi connectivity index (χ1n) is 8.88. The van der Waals surface area contributed by atoms with Gasteiger partial charge < -0.3 is 10.2 Å². The van der Waals surface area contributed by atoms with Crippen LogP contribution in [0.5, 0.6) is 0 Å². The summed E-state index contributed by atoms with van der Waals surface area (Å²) < 4.78 is 0. The van der Waals surface area contributed by atoms with Gasteiger partial charge in [-0.3, -0.25) is 4.79 Å². The van der Waals surface area contributed by atoms with Gasteiger partial charge in [-0.2, -0.15) is 0 Å². The van der Waals surface area contributed by atoms with E-state index < -0.39 is 0 Å². The first kappa shape index (κ1) is 12.0. The molecule has 0 aromatic rings. The summed E-state index contributed by atoms with van der Waals surface area (Å²) in [5.74, 6) is 4.45. The van der Waals surface area contributed by atoms with Crippen molar-refractivity contribution in [2.75, 3.05) is 13.1 Å². The minimum Gasteiger partial charge on any atom is -0.338 e. The summed E-state index contributed by atoms with van der Waals surface area (Å²) in [6, 6.07) is 1.11. The molecule has 5 aliphatic rings. The van der Waals surface area contributed by atoms with Crippen molar-refractivity contribution in [3.63, 3.8) is 0 Å². The second kappa shape index (κ2) is 4.22. The normalized spacial score (nSPS) is 52.6. The molecular formula is C17H26N2O. The summed E-state index contributed by atoms with van der Waals surface area (Å²) in [4.78, 5) is 15.3. The fourth-order valence-corrected chi connectivity index (χ4v) is 6.37. The molecule has 0 aromatic carbocycles. The number of hydrogen-bond acceptors (Lipinski definition) is 2. The van der Waals surface area contributed by atoms with Gasteiger partial charge in [-0.15, -0.1) is 0 Å². The van der Waals surface area contributed by atoms with Crippen molar-refractivity contribution in [1.29, 1.82) is 0 Å². The van der Waals surface area contributed by atoms with Crippen LogP contribution in [0.3, 0.4) is 0 Å². The van der Waals surface area contributed by atoms with Crippen molar-refractivity contribution in [3.8, 4) is 0 Å². The zero-order valence-electron chi connectivity index (χ0n) is 12.3. The summed E-state index contributed by atoms with van der Waals surface area (Å²) in [7, 11) is 0. The smallest absolute Gasteiger partial charge is 0.226 e. The van der Waals surface area contributed by atoms with Crippen LogP contribution in [0.4, 0.5) is 0 Å². The second-order valence-corrected chi connectivity index (χ2v) is 7.96. The highest BCUT2D eigenvalue weighted by molar-refractivity contribution is 5.83. The molecule has 0 spiro atoms. The zero-order chi connectivity index (χ0) is 13.3. The van der Waals surface area contributed by atoms with Crippen LogP contribution in [-0.2, 0) is 4.79 Å². The minimum atomic E-state index is 0.447. The van der Waals surface area contributed by atoms with Crippen LogP contribution in [0.15, 0.2) is 0 Å². The average molecular weight is 274 g/mol. The molecule has 20 heavy (non-hydrogen) atoms. The highest BCUT2D eigenvalue weighted by Gasteiger charge is 2.68. The summed E-state index contributed by atoms with van der Waals surface area (Å²) >= 11 is 0. The van der Waals surface area contributed by atoms with E-state index in [-0.39, 0.29) is 0 Å². The Morgan fingerprint density at radius 1 is 1.00 bits per heavy atom. The molecule has 2 heterocycles. The van der Waals surface area contributed by atoms with Gasteiger partial charge in [0.25, 0.3) is 0 Å². The van der Waals surface area contributed by atoms with Crippen LogP contribution in [-0.4, -0.2) is 36.0 Å². The van der Waals surface area contributed by atoms with Gasteiger partial charge in [-0.1, -0.05) is 0 Å². The molecule has 1 amide bonds. The number of carbonyl (C=O) groups is 1. The number of amides is 1. The van der Waals surface area contributed by atoms with Crippen molar-refractivity contribution in [1.82, 2.24) is 10.2 Å². The molecule has 5 fully saturated rings. The minimum absolute atomic E-state index is 0.447. The molecule has 1 N–H and O–H groups in total. The highest BCUT2D eigenvalue weighted by Crippen LogP contribution is 2.69. The molecular weight excluding hydrogens is 248 g/mol. The Morgan fingerprint density at radius 3 is 2.50 bits per heavy atom. The Bertz CT molecular complexity index is 415. The Kier molecular flexibility index (Phi) is 2.54. The summed E-state index contributed by atoms with van der Waals surface area (Å²) in [5, 5.41) is 3.63. The van der Waals surface area contributed by atoms with Crippen LogP contribution in [0.2, 0.25) is 0 Å². The SMILES string of the molecule is O=C(C1C2C3CCC(C3)C12)N1CCCC1C1CCCN1. The number of carbonyl (C=O) groups excluding carboxylic acids is 1. The fraction of sp³-hybridized carbons (Fsp3) is 0.941. The lowest BCUT2D eigenvalue weighted by atomic mass is 10.00. The zero-order valence-corrected chi connectivity index (χ0v) is 12.3. The number of fused-ring (bicyclic) bond motifs is 5. The Labute approximate surface area is 121 Å². The molecule has 3 aliphatic carbocycles. The van der Waals surface area contributed by atoms with Gasteiger partial charge in [0, 0.05) is 24.5 Å². The van der Waals surface area contributed by atoms with E-state index in [4.69, 9.17) is 0 Å². The first-order valence-corrected chi connectivity index (χ1v) is 8.88. The second-order valence-electron chi connectivity index (χ2n) is 7.96. The van der Waals surface area contributed by atoms with E-state index in [1.54, 1.807) is 0 Å². The molecule has 6 atom stereocenters. The topological polar surface area (TPSA) is 32.3 Å². The van der Waals surface area contributed by atoms with Gasteiger partial charge in [-0.25, -0.2) is 0 Å². The van der Waals surface area contributed by atoms with Crippen LogP contribution >= 0.6 is 0 Å². The number of hydrogen-bond donors (Lipinski definition) is 1. The largest absolute Gasteiger partial charge is 0.338 e. The van der Waals surface area contributed by atoms with Gasteiger partial charge in [0.1, 0.15) is 0 Å². The highest BCUT2D eigenvalue weighted by atomic mass is 16.2. The summed E-state index contributed by atoms with van der Waals surface area (Å²) in [6.07, 6.45) is 9.32. The molecule has 2 saturated heterocycles. The number of likely N-dealkylation sites (tertiary alicyclic amines) is 1. The Morgan fingerprint density at radius 2 is 1.80 bits per heavy atom. The van der Waals surface area contributed by atoms with Crippen LogP contribution < -0.4 is 5.32 Å². The standard InChI is InChI=1S/C17H26N2O/c20-17(16-14-10-5-6-11(9-10)15(14)16)19-8-2-4-13(19)12-3-1-7-18-12/h10-16,18H,1-9H2. The number of nitrogens with one attached hydrogen (secondary N) is 1. The molecule has 110 valence electrons. The maximum absolute atomic E-state index is 13.0. The van der Waals surface area contributed by atoms with E-state index in [2.05, 4.69) is 10.2 Å². The predicted octanol–water partition coefficient (Wildman–Crippen LogP) is 2.02. The van der Waals surface area contributed by atoms with Crippen molar-refractivity contribution in [2.45, 2.75) is 57.0 Å². The van der Waals surface area contributed by atoms with Crippen molar-refractivity contribution >= 4 is 5.91 Å². The van der Waals surface area contributed by atoms with E-state index in [9.17, 15) is 4.79 Å². The molecule has 2 aliphatic heterocycles. The quantitative estimate of drug-likeness (QED) is 0.835. The Balaban J connectivity index is 1.32. The molecule has 6 unspecified atom stereocenters. The van der Waals surface area contributed by atoms with Crippen molar-refractivity contribution < 1.29 is 4.79 Å².